The third-order valence-electron chi connectivity index (χ3n) is 2.89. The lowest BCUT2D eigenvalue weighted by atomic mass is 9.95. The van der Waals surface area contributed by atoms with Gasteiger partial charge >= 0.3 is 0 Å². The van der Waals surface area contributed by atoms with Crippen molar-refractivity contribution >= 4 is 6.29 Å². The van der Waals surface area contributed by atoms with Gasteiger partial charge in [0.2, 0.25) is 0 Å². The summed E-state index contributed by atoms with van der Waals surface area (Å²) in [4.78, 5) is 16.4. The second kappa shape index (κ2) is 3.96. The molecular formula is C12H14FNO2. The molecule has 1 saturated heterocycles. The second-order valence-electron chi connectivity index (χ2n) is 4.34. The number of benzene rings is 1. The highest BCUT2D eigenvalue weighted by Gasteiger charge is 2.41. The Morgan fingerprint density at radius 1 is 1.50 bits per heavy atom. The van der Waals surface area contributed by atoms with Gasteiger partial charge in [-0.05, 0) is 24.6 Å². The van der Waals surface area contributed by atoms with Crippen molar-refractivity contribution in [3.05, 3.63) is 35.6 Å². The first-order valence-electron chi connectivity index (χ1n) is 5.18. The van der Waals surface area contributed by atoms with Crippen LogP contribution in [0.1, 0.15) is 24.9 Å². The van der Waals surface area contributed by atoms with E-state index in [9.17, 15) is 9.18 Å². The molecule has 0 radical (unpaired) electrons. The van der Waals surface area contributed by atoms with E-state index in [1.54, 1.807) is 31.2 Å². The number of carbonyl (C=O) groups excluding carboxylic acids is 1. The van der Waals surface area contributed by atoms with Crippen LogP contribution < -0.4 is 0 Å². The number of hydrogen-bond donors (Lipinski definition) is 0. The lowest BCUT2D eigenvalue weighted by Gasteiger charge is -2.18. The van der Waals surface area contributed by atoms with E-state index in [-0.39, 0.29) is 11.9 Å². The van der Waals surface area contributed by atoms with Crippen LogP contribution in [0, 0.1) is 5.82 Å². The Bertz CT molecular complexity index is 393. The van der Waals surface area contributed by atoms with Crippen molar-refractivity contribution < 1.29 is 14.0 Å². The number of hydrogen-bond acceptors (Lipinski definition) is 3. The highest BCUT2D eigenvalue weighted by molar-refractivity contribution is 5.62. The molecule has 0 unspecified atom stereocenters. The van der Waals surface area contributed by atoms with Crippen molar-refractivity contribution in [3.63, 3.8) is 0 Å². The zero-order chi connectivity index (χ0) is 11.8. The Labute approximate surface area is 93.8 Å². The van der Waals surface area contributed by atoms with Crippen LogP contribution in [0.5, 0.6) is 0 Å². The van der Waals surface area contributed by atoms with Crippen LogP contribution >= 0.6 is 0 Å². The van der Waals surface area contributed by atoms with Crippen LogP contribution in [-0.4, -0.2) is 24.0 Å². The van der Waals surface area contributed by atoms with Crippen molar-refractivity contribution in [2.24, 2.45) is 0 Å². The molecule has 0 N–H and O–H groups in total. The summed E-state index contributed by atoms with van der Waals surface area (Å²) in [5, 5.41) is 1.65. The van der Waals surface area contributed by atoms with E-state index in [1.807, 2.05) is 0 Å². The molecule has 2 rings (SSSR count). The van der Waals surface area contributed by atoms with Crippen molar-refractivity contribution in [2.75, 3.05) is 7.05 Å². The summed E-state index contributed by atoms with van der Waals surface area (Å²) >= 11 is 0. The van der Waals surface area contributed by atoms with Crippen LogP contribution in [0.2, 0.25) is 0 Å². The van der Waals surface area contributed by atoms with Gasteiger partial charge in [-0.2, -0.15) is 5.06 Å². The van der Waals surface area contributed by atoms with Crippen molar-refractivity contribution in [1.82, 2.24) is 5.06 Å². The number of aldehydes is 1. The Morgan fingerprint density at radius 3 is 2.62 bits per heavy atom. The lowest BCUT2D eigenvalue weighted by Crippen LogP contribution is -2.27. The summed E-state index contributed by atoms with van der Waals surface area (Å²) in [6.45, 7) is 1.75. The molecule has 3 nitrogen and oxygen atoms in total. The van der Waals surface area contributed by atoms with Gasteiger partial charge in [-0.3, -0.25) is 4.84 Å². The van der Waals surface area contributed by atoms with Crippen molar-refractivity contribution in [3.8, 4) is 0 Å². The highest BCUT2D eigenvalue weighted by Crippen LogP contribution is 2.37. The fourth-order valence-electron chi connectivity index (χ4n) is 2.02. The molecule has 1 fully saturated rings. The van der Waals surface area contributed by atoms with Gasteiger partial charge in [0.25, 0.3) is 0 Å². The first kappa shape index (κ1) is 11.2. The predicted octanol–water partition coefficient (Wildman–Crippen LogP) is 2.09. The second-order valence-corrected chi connectivity index (χ2v) is 4.34. The zero-order valence-electron chi connectivity index (χ0n) is 9.31. The molecule has 4 heteroatoms. The van der Waals surface area contributed by atoms with Crippen molar-refractivity contribution in [2.45, 2.75) is 25.0 Å². The standard InChI is InChI=1S/C12H14FNO2/c1-12(8-15)7-11(14(2)16-12)9-3-5-10(13)6-4-9/h3-6,8,11H,7H2,1-2H3/t11-,12+/m1/s1. The Morgan fingerprint density at radius 2 is 2.12 bits per heavy atom. The summed E-state index contributed by atoms with van der Waals surface area (Å²) in [6, 6.07) is 6.27. The molecule has 1 aromatic carbocycles. The van der Waals surface area contributed by atoms with Crippen LogP contribution in [0.3, 0.4) is 0 Å². The van der Waals surface area contributed by atoms with E-state index < -0.39 is 5.60 Å². The van der Waals surface area contributed by atoms with E-state index >= 15 is 0 Å². The average molecular weight is 223 g/mol. The zero-order valence-corrected chi connectivity index (χ0v) is 9.31. The van der Waals surface area contributed by atoms with Gasteiger partial charge < -0.3 is 4.79 Å². The monoisotopic (exact) mass is 223 g/mol. The van der Waals surface area contributed by atoms with Gasteiger partial charge in [-0.15, -0.1) is 0 Å². The lowest BCUT2D eigenvalue weighted by molar-refractivity contribution is -0.182. The number of hydroxylamine groups is 2. The van der Waals surface area contributed by atoms with E-state index in [0.29, 0.717) is 6.42 Å². The molecule has 0 bridgehead atoms. The summed E-state index contributed by atoms with van der Waals surface area (Å²) < 4.78 is 12.8. The minimum atomic E-state index is -0.770. The van der Waals surface area contributed by atoms with Gasteiger partial charge in [0.1, 0.15) is 11.4 Å². The molecule has 0 spiro atoms. The van der Waals surface area contributed by atoms with Gasteiger partial charge in [0, 0.05) is 13.5 Å². The van der Waals surface area contributed by atoms with Crippen LogP contribution in [0.25, 0.3) is 0 Å². The third-order valence-corrected chi connectivity index (χ3v) is 2.89. The maximum absolute atomic E-state index is 12.8. The SMILES string of the molecule is CN1O[C@](C)(C=O)C[C@@H]1c1ccc(F)cc1. The van der Waals surface area contributed by atoms with E-state index in [4.69, 9.17) is 4.84 Å². The molecule has 1 aliphatic rings. The van der Waals surface area contributed by atoms with Gasteiger partial charge in [-0.1, -0.05) is 12.1 Å². The summed E-state index contributed by atoms with van der Waals surface area (Å²) in [5.41, 5.74) is 0.183. The van der Waals surface area contributed by atoms with Crippen molar-refractivity contribution in [1.29, 1.82) is 0 Å². The summed E-state index contributed by atoms with van der Waals surface area (Å²) in [5.74, 6) is -0.261. The van der Waals surface area contributed by atoms with E-state index in [1.165, 1.54) is 12.1 Å². The van der Waals surface area contributed by atoms with Gasteiger partial charge in [0.05, 0.1) is 6.04 Å². The smallest absolute Gasteiger partial charge is 0.153 e. The Balaban J connectivity index is 2.23. The number of rotatable bonds is 2. The summed E-state index contributed by atoms with van der Waals surface area (Å²) in [6.07, 6.45) is 1.39. The highest BCUT2D eigenvalue weighted by atomic mass is 19.1. The Hall–Kier alpha value is -1.26. The summed E-state index contributed by atoms with van der Waals surface area (Å²) in [7, 11) is 1.78. The first-order chi connectivity index (χ1) is 7.54. The minimum absolute atomic E-state index is 0.00389. The Kier molecular flexibility index (Phi) is 2.78. The molecule has 1 aromatic rings. The molecule has 0 aliphatic carbocycles. The van der Waals surface area contributed by atoms with E-state index in [0.717, 1.165) is 11.8 Å². The van der Waals surface area contributed by atoms with Crippen LogP contribution in [0.4, 0.5) is 4.39 Å². The quantitative estimate of drug-likeness (QED) is 0.719. The molecule has 0 aromatic heterocycles. The molecular weight excluding hydrogens is 209 g/mol. The average Bonchev–Trinajstić information content (AvgIpc) is 2.57. The topological polar surface area (TPSA) is 29.5 Å². The fraction of sp³-hybridized carbons (Fsp3) is 0.417. The predicted molar refractivity (Wildman–Crippen MR) is 57.1 cm³/mol. The van der Waals surface area contributed by atoms with Gasteiger partial charge in [-0.25, -0.2) is 4.39 Å². The molecule has 86 valence electrons. The number of carbonyl (C=O) groups is 1. The van der Waals surface area contributed by atoms with Gasteiger partial charge in [0.15, 0.2) is 6.29 Å². The fourth-order valence-corrected chi connectivity index (χ4v) is 2.02. The molecule has 0 saturated carbocycles. The minimum Gasteiger partial charge on any atom is -0.300 e. The normalized spacial score (nSPS) is 30.6. The molecule has 1 aliphatic heterocycles. The third kappa shape index (κ3) is 1.99. The first-order valence-corrected chi connectivity index (χ1v) is 5.18. The van der Waals surface area contributed by atoms with E-state index in [2.05, 4.69) is 0 Å². The maximum atomic E-state index is 12.8. The molecule has 2 atom stereocenters. The molecule has 1 heterocycles. The largest absolute Gasteiger partial charge is 0.300 e. The molecule has 16 heavy (non-hydrogen) atoms. The molecule has 0 amide bonds. The number of nitrogens with zero attached hydrogens (tertiary/aromatic N) is 1. The maximum Gasteiger partial charge on any atom is 0.153 e. The van der Waals surface area contributed by atoms with Crippen LogP contribution in [0.15, 0.2) is 24.3 Å². The van der Waals surface area contributed by atoms with Crippen LogP contribution in [-0.2, 0) is 9.63 Å². The number of halogens is 1.